The van der Waals surface area contributed by atoms with Crippen molar-refractivity contribution in [1.82, 2.24) is 0 Å². The summed E-state index contributed by atoms with van der Waals surface area (Å²) in [7, 11) is 0. The van der Waals surface area contributed by atoms with Crippen molar-refractivity contribution in [1.29, 1.82) is 0 Å². The van der Waals surface area contributed by atoms with Gasteiger partial charge >= 0.3 is 102 Å². The molecular weight excluding hydrogens is 1770 g/mol. The highest BCUT2D eigenvalue weighted by molar-refractivity contribution is 5.33. The van der Waals surface area contributed by atoms with E-state index in [-0.39, 0.29) is 57.8 Å². The van der Waals surface area contributed by atoms with Crippen LogP contribution in [0, 0.1) is 62.6 Å². The van der Waals surface area contributed by atoms with Gasteiger partial charge in [0.05, 0.1) is 6.61 Å². The van der Waals surface area contributed by atoms with Gasteiger partial charge in [0.2, 0.25) is 11.2 Å². The molecule has 0 aromatic carbocycles. The minimum absolute atomic E-state index is 0.0794. The van der Waals surface area contributed by atoms with Crippen LogP contribution in [0.2, 0.25) is 0 Å². The lowest BCUT2D eigenvalue weighted by atomic mass is 9.48. The van der Waals surface area contributed by atoms with Crippen LogP contribution in [0.3, 0.4) is 0 Å². The summed E-state index contributed by atoms with van der Waals surface area (Å²) in [6, 6.07) is 0. The van der Waals surface area contributed by atoms with Gasteiger partial charge in [0.1, 0.15) is 0 Å². The molecule has 15 unspecified atom stereocenters. The lowest BCUT2D eigenvalue weighted by Gasteiger charge is -2.62. The summed E-state index contributed by atoms with van der Waals surface area (Å²) in [6.45, 7) is 21.7. The summed E-state index contributed by atoms with van der Waals surface area (Å²) in [4.78, 5) is 0. The molecule has 6 saturated carbocycles. The van der Waals surface area contributed by atoms with E-state index in [1.807, 2.05) is 13.8 Å². The van der Waals surface area contributed by atoms with Crippen molar-refractivity contribution in [2.45, 2.75) is 349 Å². The Balaban J connectivity index is 0.000000457. The third-order valence-electron chi connectivity index (χ3n) is 25.7. The van der Waals surface area contributed by atoms with Crippen molar-refractivity contribution in [2.24, 2.45) is 62.6 Å². The van der Waals surface area contributed by atoms with Gasteiger partial charge in [0.25, 0.3) is 0 Å². The average Bonchev–Trinajstić information content (AvgIpc) is 1.35. The molecular formula is C75H101F39O8. The van der Waals surface area contributed by atoms with Gasteiger partial charge in [-0.15, -0.1) is 13.2 Å². The summed E-state index contributed by atoms with van der Waals surface area (Å²) in [5.41, 5.74) is -28.7. The smallest absolute Gasteiger partial charge is 0.353 e. The number of hydrogen-bond acceptors (Lipinski definition) is 8. The first-order chi connectivity index (χ1) is 54.5. The number of ether oxygens (including phenoxy) is 8. The molecule has 122 heavy (non-hydrogen) atoms. The zero-order chi connectivity index (χ0) is 95.6. The third-order valence-corrected chi connectivity index (χ3v) is 25.7. The molecule has 47 heteroatoms. The van der Waals surface area contributed by atoms with Gasteiger partial charge in [-0.05, 0) is 185 Å². The molecule has 0 aromatic rings. The fourth-order valence-electron chi connectivity index (χ4n) is 20.1. The molecule has 722 valence electrons. The van der Waals surface area contributed by atoms with E-state index in [4.69, 9.17) is 18.9 Å². The highest BCUT2D eigenvalue weighted by Crippen LogP contribution is 2.81. The maximum Gasteiger partial charge on any atom is 0.460 e. The molecule has 0 aliphatic heterocycles. The summed E-state index contributed by atoms with van der Waals surface area (Å²) >= 11 is 0. The van der Waals surface area contributed by atoms with E-state index in [0.29, 0.717) is 18.6 Å². The predicted molar refractivity (Wildman–Crippen MR) is 356 cm³/mol. The van der Waals surface area contributed by atoms with Gasteiger partial charge < -0.3 is 37.9 Å². The number of allylic oxidation sites excluding steroid dienone is 2. The number of hydrogen-bond donors (Lipinski definition) is 0. The Kier molecular flexibility index (Phi) is 32.9. The van der Waals surface area contributed by atoms with Gasteiger partial charge in [0, 0.05) is 43.2 Å². The first kappa shape index (κ1) is 111. The van der Waals surface area contributed by atoms with Crippen LogP contribution in [0.4, 0.5) is 171 Å². The van der Waals surface area contributed by atoms with E-state index < -0.39 is 266 Å². The molecule has 6 rings (SSSR count). The van der Waals surface area contributed by atoms with Crippen molar-refractivity contribution < 1.29 is 209 Å². The monoisotopic (exact) mass is 1870 g/mol. The number of fused-ring (bicyclic) bond motifs is 4. The first-order valence-corrected chi connectivity index (χ1v) is 38.7. The Morgan fingerprint density at radius 3 is 1.02 bits per heavy atom. The second kappa shape index (κ2) is 36.3. The van der Waals surface area contributed by atoms with E-state index in [1.54, 1.807) is 0 Å². The van der Waals surface area contributed by atoms with Gasteiger partial charge in [0.15, 0.2) is 30.8 Å². The normalized spacial score (nSPS) is 28.1. The molecule has 8 nitrogen and oxygen atoms in total. The van der Waals surface area contributed by atoms with Gasteiger partial charge in [-0.1, -0.05) is 78.9 Å². The lowest BCUT2D eigenvalue weighted by molar-refractivity contribution is -0.497. The number of rotatable bonds is 38. The Hall–Kier alpha value is -3.57. The molecule has 6 fully saturated rings. The largest absolute Gasteiger partial charge is 0.460 e. The second-order valence-corrected chi connectivity index (χ2v) is 33.5. The quantitative estimate of drug-likeness (QED) is 0.0344. The van der Waals surface area contributed by atoms with Gasteiger partial charge in [-0.25, -0.2) is 0 Å². The first-order valence-electron chi connectivity index (χ1n) is 38.7. The molecule has 0 spiro atoms. The van der Waals surface area contributed by atoms with Crippen molar-refractivity contribution in [3.05, 3.63) is 25.3 Å². The topological polar surface area (TPSA) is 73.8 Å². The highest BCUT2D eigenvalue weighted by Gasteiger charge is 3.02. The Morgan fingerprint density at radius 1 is 0.352 bits per heavy atom. The molecule has 0 radical (unpaired) electrons. The fourth-order valence-corrected chi connectivity index (χ4v) is 20.1. The average molecular weight is 1870 g/mol. The standard InChI is InChI=1S/C39H53F21O4.C22H22F18O2.C14H26O2/c1-9-27(8,24-14-12-13-16-29(24,37(52,53)54)63-21(4)61-10-2)20-26(6,7)25-18-23-15-17-28(25,19-23)30(64-22(5)62-11-3,31(40,41)33(44,45)35(48,49)38(55,56)57)32(42,43)34(46,47)36(50,51)39(58,59)60;1-4-12-8-11-6-7-13(12,9-11)14(42-10(3)41-5-2,15(23,24)17(27,28)19(31,32)21(35,36)37)16(25,26)18(29,30)20(33,34)22(38,39)40;1-5-13-9-7-8-10-14(13,4)11-16-12(3)15-6-2/h21-25H,9-20H2,1-8H3;4,10-12H,1,5-9H2,2-3H3;5,12-13H,1,6-11H2,2-4H3. The Labute approximate surface area is 678 Å². The number of halogens is 39. The van der Waals surface area contributed by atoms with Crippen molar-refractivity contribution in [2.75, 3.05) is 33.0 Å². The highest BCUT2D eigenvalue weighted by atomic mass is 19.5. The third kappa shape index (κ3) is 17.8. The van der Waals surface area contributed by atoms with Crippen molar-refractivity contribution in [3.63, 3.8) is 0 Å². The number of alkyl halides is 39. The van der Waals surface area contributed by atoms with E-state index in [1.165, 1.54) is 46.5 Å². The predicted octanol–water partition coefficient (Wildman–Crippen LogP) is 27.4. The molecule has 4 bridgehead atoms. The summed E-state index contributed by atoms with van der Waals surface area (Å²) < 4.78 is 617. The zero-order valence-corrected chi connectivity index (χ0v) is 68.1. The zero-order valence-electron chi connectivity index (χ0n) is 68.1. The second-order valence-electron chi connectivity index (χ2n) is 33.5. The molecule has 0 amide bonds. The van der Waals surface area contributed by atoms with E-state index in [9.17, 15) is 105 Å². The molecule has 0 saturated heterocycles. The molecule has 15 atom stereocenters. The van der Waals surface area contributed by atoms with Crippen LogP contribution in [0.1, 0.15) is 206 Å². The van der Waals surface area contributed by atoms with Crippen molar-refractivity contribution >= 4 is 0 Å². The summed E-state index contributed by atoms with van der Waals surface area (Å²) in [5.74, 6) is -107. The van der Waals surface area contributed by atoms with Gasteiger partial charge in [-0.3, -0.25) is 0 Å². The maximum absolute atomic E-state index is 17.2. The van der Waals surface area contributed by atoms with Crippen molar-refractivity contribution in [3.8, 4) is 0 Å². The van der Waals surface area contributed by atoms with Crippen LogP contribution in [0.15, 0.2) is 25.3 Å². The minimum atomic E-state index is -8.43. The molecule has 6 aliphatic carbocycles. The van der Waals surface area contributed by atoms with Crippen LogP contribution in [-0.2, 0) is 37.9 Å². The molecule has 0 N–H and O–H groups in total. The summed E-state index contributed by atoms with van der Waals surface area (Å²) in [5, 5.41) is 0. The molecule has 6 aliphatic rings. The van der Waals surface area contributed by atoms with Crippen LogP contribution < -0.4 is 0 Å². The van der Waals surface area contributed by atoms with E-state index >= 15 is 65.9 Å². The van der Waals surface area contributed by atoms with Crippen LogP contribution >= 0.6 is 0 Å². The Bertz CT molecular complexity index is 3310. The van der Waals surface area contributed by atoms with Gasteiger partial charge in [-0.2, -0.15) is 171 Å². The molecule has 0 aromatic heterocycles. The molecule has 0 heterocycles. The Morgan fingerprint density at radius 2 is 0.680 bits per heavy atom. The minimum Gasteiger partial charge on any atom is -0.353 e. The lowest BCUT2D eigenvalue weighted by Crippen LogP contribution is -2.84. The van der Waals surface area contributed by atoms with Crippen LogP contribution in [-0.4, -0.2) is 177 Å². The van der Waals surface area contributed by atoms with E-state index in [2.05, 4.69) is 45.1 Å². The van der Waals surface area contributed by atoms with Crippen LogP contribution in [0.5, 0.6) is 0 Å². The van der Waals surface area contributed by atoms with E-state index in [0.717, 1.165) is 41.2 Å². The fraction of sp³-hybridized carbons (Fsp3) is 0.947. The SMILES string of the molecule is C=CC1CC2CCC1(C(OC(C)OCC)(C(F)(F)C(F)(F)C(F)(F)C(F)(F)F)C(F)(F)C(F)(F)C(F)(F)C(F)(F)F)C2.C=CC1CCCCC1(C)COC(C)OCC.CCOC(C)OC1(C(F)(F)F)CCCCC1C(C)(CC)CC(C)(C)C1CC2CCC1(C(OC(C)OCC)(C(F)(F)C(F)(F)C(F)(F)C(F)(F)F)C(F)(F)C(F)(F)C(F)(F)C(F)(F)F)C2. The van der Waals surface area contributed by atoms with Crippen LogP contribution in [0.25, 0.3) is 0 Å². The summed E-state index contributed by atoms with van der Waals surface area (Å²) in [6.07, 6.45) is -48.4. The maximum atomic E-state index is 17.2.